The van der Waals surface area contributed by atoms with Crippen LogP contribution < -0.4 is 14.8 Å². The Morgan fingerprint density at radius 3 is 1.96 bits per heavy atom. The predicted octanol–water partition coefficient (Wildman–Crippen LogP) is 4.29. The lowest BCUT2D eigenvalue weighted by Gasteiger charge is -2.05. The first-order chi connectivity index (χ1) is 11.2. The lowest BCUT2D eigenvalue weighted by molar-refractivity contribution is 0.104. The number of rotatable bonds is 8. The molecule has 0 aliphatic rings. The van der Waals surface area contributed by atoms with Crippen molar-refractivity contribution in [1.29, 1.82) is 0 Å². The number of benzene rings is 2. The minimum atomic E-state index is -0.0634. The van der Waals surface area contributed by atoms with Crippen molar-refractivity contribution in [2.24, 2.45) is 0 Å². The maximum absolute atomic E-state index is 12.1. The minimum Gasteiger partial charge on any atom is -0.494 e. The van der Waals surface area contributed by atoms with E-state index < -0.39 is 0 Å². The molecule has 4 heteroatoms. The van der Waals surface area contributed by atoms with E-state index in [1.165, 1.54) is 6.08 Å². The molecule has 0 aliphatic carbocycles. The summed E-state index contributed by atoms with van der Waals surface area (Å²) in [4.78, 5) is 12.1. The second-order valence-electron chi connectivity index (χ2n) is 4.76. The van der Waals surface area contributed by atoms with Gasteiger partial charge in [-0.05, 0) is 62.4 Å². The Morgan fingerprint density at radius 2 is 1.43 bits per heavy atom. The van der Waals surface area contributed by atoms with Gasteiger partial charge in [-0.2, -0.15) is 0 Å². The molecule has 0 amide bonds. The van der Waals surface area contributed by atoms with Gasteiger partial charge in [0.25, 0.3) is 0 Å². The second kappa shape index (κ2) is 8.63. The number of carbonyl (C=O) groups excluding carboxylic acids is 1. The van der Waals surface area contributed by atoms with E-state index in [0.29, 0.717) is 18.8 Å². The molecule has 0 radical (unpaired) electrons. The molecular formula is C19H21NO3. The highest BCUT2D eigenvalue weighted by atomic mass is 16.5. The summed E-state index contributed by atoms with van der Waals surface area (Å²) in [6.45, 7) is 5.12. The molecule has 23 heavy (non-hydrogen) atoms. The lowest BCUT2D eigenvalue weighted by Crippen LogP contribution is -1.97. The van der Waals surface area contributed by atoms with E-state index in [1.807, 2.05) is 38.1 Å². The summed E-state index contributed by atoms with van der Waals surface area (Å²) in [7, 11) is 0. The van der Waals surface area contributed by atoms with Crippen molar-refractivity contribution in [1.82, 2.24) is 0 Å². The number of allylic oxidation sites excluding steroid dienone is 1. The summed E-state index contributed by atoms with van der Waals surface area (Å²) < 4.78 is 10.7. The largest absolute Gasteiger partial charge is 0.494 e. The number of carbonyl (C=O) groups is 1. The Morgan fingerprint density at radius 1 is 0.913 bits per heavy atom. The molecule has 0 aliphatic heterocycles. The average Bonchev–Trinajstić information content (AvgIpc) is 2.57. The summed E-state index contributed by atoms with van der Waals surface area (Å²) in [5.41, 5.74) is 1.52. The monoisotopic (exact) mass is 311 g/mol. The number of ketones is 1. The van der Waals surface area contributed by atoms with Gasteiger partial charge in [0.15, 0.2) is 5.78 Å². The third kappa shape index (κ3) is 5.18. The van der Waals surface area contributed by atoms with Crippen LogP contribution in [0.5, 0.6) is 11.5 Å². The van der Waals surface area contributed by atoms with E-state index in [4.69, 9.17) is 9.47 Å². The van der Waals surface area contributed by atoms with Crippen LogP contribution in [0, 0.1) is 0 Å². The van der Waals surface area contributed by atoms with E-state index >= 15 is 0 Å². The van der Waals surface area contributed by atoms with E-state index in [9.17, 15) is 4.79 Å². The fourth-order valence-electron chi connectivity index (χ4n) is 2.01. The van der Waals surface area contributed by atoms with Gasteiger partial charge in [-0.15, -0.1) is 0 Å². The van der Waals surface area contributed by atoms with Gasteiger partial charge in [0.2, 0.25) is 0 Å². The molecule has 4 nitrogen and oxygen atoms in total. The normalized spacial score (nSPS) is 10.5. The summed E-state index contributed by atoms with van der Waals surface area (Å²) in [5, 5.41) is 3.06. The minimum absolute atomic E-state index is 0.0634. The van der Waals surface area contributed by atoms with Crippen LogP contribution in [0.25, 0.3) is 0 Å². The molecule has 0 aromatic heterocycles. The van der Waals surface area contributed by atoms with Crippen molar-refractivity contribution in [2.45, 2.75) is 13.8 Å². The van der Waals surface area contributed by atoms with Gasteiger partial charge in [-0.3, -0.25) is 4.79 Å². The van der Waals surface area contributed by atoms with Gasteiger partial charge in [0.1, 0.15) is 11.5 Å². The predicted molar refractivity (Wildman–Crippen MR) is 92.3 cm³/mol. The van der Waals surface area contributed by atoms with Crippen molar-refractivity contribution >= 4 is 11.5 Å². The Hall–Kier alpha value is -2.75. The third-order valence-corrected chi connectivity index (χ3v) is 3.10. The standard InChI is InChI=1S/C19H21NO3/c1-3-22-17-9-5-15(6-10-17)19(21)13-14-20-16-7-11-18(12-8-16)23-4-2/h5-14,20H,3-4H2,1-2H3. The molecule has 0 unspecified atom stereocenters. The average molecular weight is 311 g/mol. The summed E-state index contributed by atoms with van der Waals surface area (Å²) in [6, 6.07) is 14.7. The van der Waals surface area contributed by atoms with Crippen LogP contribution in [0.2, 0.25) is 0 Å². The zero-order valence-corrected chi connectivity index (χ0v) is 13.4. The molecule has 0 bridgehead atoms. The SMILES string of the molecule is CCOc1ccc(NC=CC(=O)c2ccc(OCC)cc2)cc1. The van der Waals surface area contributed by atoms with Crippen molar-refractivity contribution in [2.75, 3.05) is 18.5 Å². The molecule has 2 rings (SSSR count). The number of anilines is 1. The van der Waals surface area contributed by atoms with Gasteiger partial charge in [-0.25, -0.2) is 0 Å². The zero-order chi connectivity index (χ0) is 16.5. The van der Waals surface area contributed by atoms with Crippen molar-refractivity contribution in [3.8, 4) is 11.5 Å². The van der Waals surface area contributed by atoms with Crippen LogP contribution in [0.1, 0.15) is 24.2 Å². The third-order valence-electron chi connectivity index (χ3n) is 3.10. The maximum Gasteiger partial charge on any atom is 0.187 e. The molecular weight excluding hydrogens is 290 g/mol. The molecule has 0 fully saturated rings. The van der Waals surface area contributed by atoms with E-state index in [-0.39, 0.29) is 5.78 Å². The molecule has 120 valence electrons. The van der Waals surface area contributed by atoms with Gasteiger partial charge in [0.05, 0.1) is 13.2 Å². The number of nitrogens with one attached hydrogen (secondary N) is 1. The fraction of sp³-hybridized carbons (Fsp3) is 0.211. The smallest absolute Gasteiger partial charge is 0.187 e. The number of ether oxygens (including phenoxy) is 2. The fourth-order valence-corrected chi connectivity index (χ4v) is 2.01. The van der Waals surface area contributed by atoms with Gasteiger partial charge >= 0.3 is 0 Å². The topological polar surface area (TPSA) is 47.6 Å². The highest BCUT2D eigenvalue weighted by molar-refractivity contribution is 6.04. The van der Waals surface area contributed by atoms with Crippen molar-refractivity contribution in [3.63, 3.8) is 0 Å². The van der Waals surface area contributed by atoms with Crippen molar-refractivity contribution < 1.29 is 14.3 Å². The van der Waals surface area contributed by atoms with Gasteiger partial charge in [-0.1, -0.05) is 0 Å². The highest BCUT2D eigenvalue weighted by Gasteiger charge is 2.01. The molecule has 0 spiro atoms. The molecule has 2 aromatic rings. The Bertz CT molecular complexity index is 645. The van der Waals surface area contributed by atoms with Crippen LogP contribution in [-0.4, -0.2) is 19.0 Å². The Balaban J connectivity index is 1.90. The van der Waals surface area contributed by atoms with Crippen LogP contribution in [0.3, 0.4) is 0 Å². The highest BCUT2D eigenvalue weighted by Crippen LogP contribution is 2.16. The van der Waals surface area contributed by atoms with E-state index in [1.54, 1.807) is 30.5 Å². The number of hydrogen-bond donors (Lipinski definition) is 1. The van der Waals surface area contributed by atoms with Crippen molar-refractivity contribution in [3.05, 3.63) is 66.4 Å². The molecule has 0 atom stereocenters. The first-order valence-corrected chi connectivity index (χ1v) is 7.66. The Labute approximate surface area is 136 Å². The first-order valence-electron chi connectivity index (χ1n) is 7.66. The van der Waals surface area contributed by atoms with Crippen LogP contribution in [-0.2, 0) is 0 Å². The maximum atomic E-state index is 12.1. The molecule has 0 saturated heterocycles. The lowest BCUT2D eigenvalue weighted by atomic mass is 10.1. The second-order valence-corrected chi connectivity index (χ2v) is 4.76. The van der Waals surface area contributed by atoms with Crippen LogP contribution in [0.4, 0.5) is 5.69 Å². The first kappa shape index (κ1) is 16.6. The van der Waals surface area contributed by atoms with Crippen LogP contribution in [0.15, 0.2) is 60.8 Å². The van der Waals surface area contributed by atoms with Gasteiger partial charge < -0.3 is 14.8 Å². The summed E-state index contributed by atoms with van der Waals surface area (Å²) in [6.07, 6.45) is 3.14. The van der Waals surface area contributed by atoms with E-state index in [2.05, 4.69) is 5.32 Å². The molecule has 2 aromatic carbocycles. The Kier molecular flexibility index (Phi) is 6.24. The molecule has 0 saturated carbocycles. The van der Waals surface area contributed by atoms with E-state index in [0.717, 1.165) is 17.2 Å². The number of hydrogen-bond acceptors (Lipinski definition) is 4. The van der Waals surface area contributed by atoms with Gasteiger partial charge in [0, 0.05) is 23.5 Å². The quantitative estimate of drug-likeness (QED) is 0.583. The summed E-state index contributed by atoms with van der Waals surface area (Å²) >= 11 is 0. The molecule has 1 N–H and O–H groups in total. The summed E-state index contributed by atoms with van der Waals surface area (Å²) in [5.74, 6) is 1.53. The van der Waals surface area contributed by atoms with Crippen LogP contribution >= 0.6 is 0 Å². The molecule has 0 heterocycles. The zero-order valence-electron chi connectivity index (χ0n) is 13.4.